The first kappa shape index (κ1) is 24.8. The highest BCUT2D eigenvalue weighted by Gasteiger charge is 2.20. The summed E-state index contributed by atoms with van der Waals surface area (Å²) in [5.41, 5.74) is 5.35. The number of hydrogen-bond donors (Lipinski definition) is 0. The molecule has 0 atom stereocenters. The second-order valence-electron chi connectivity index (χ2n) is 9.93. The molecule has 3 heteroatoms. The maximum Gasteiger partial charge on any atom is 0.258 e. The summed E-state index contributed by atoms with van der Waals surface area (Å²) in [6, 6.07) is 34.3. The number of benzene rings is 4. The van der Waals surface area contributed by atoms with E-state index >= 15 is 0 Å². The first-order chi connectivity index (χ1) is 18.2. The predicted octanol–water partition coefficient (Wildman–Crippen LogP) is 8.94. The van der Waals surface area contributed by atoms with Crippen LogP contribution in [-0.2, 0) is 13.0 Å². The lowest BCUT2D eigenvalue weighted by Gasteiger charge is -2.25. The molecule has 5 rings (SSSR count). The maximum absolute atomic E-state index is 13.8. The Hall–Kier alpha value is -3.85. The van der Waals surface area contributed by atoms with Gasteiger partial charge in [-0.1, -0.05) is 80.8 Å². The molecule has 37 heavy (non-hydrogen) atoms. The molecular formula is C34H35NO2. The van der Waals surface area contributed by atoms with E-state index in [1.807, 2.05) is 71.6 Å². The fraction of sp³-hybridized carbons (Fsp3) is 0.265. The molecule has 0 N–H and O–H groups in total. The smallest absolute Gasteiger partial charge is 0.258 e. The summed E-state index contributed by atoms with van der Waals surface area (Å²) in [6.07, 6.45) is 7.53. The van der Waals surface area contributed by atoms with E-state index in [1.165, 1.54) is 43.2 Å². The zero-order valence-corrected chi connectivity index (χ0v) is 21.6. The van der Waals surface area contributed by atoms with Crippen LogP contribution in [0.1, 0.15) is 72.0 Å². The van der Waals surface area contributed by atoms with Gasteiger partial charge in [-0.25, -0.2) is 0 Å². The zero-order chi connectivity index (χ0) is 25.5. The molecule has 188 valence electrons. The van der Waals surface area contributed by atoms with Crippen LogP contribution in [0.3, 0.4) is 0 Å². The average Bonchev–Trinajstić information content (AvgIpc) is 2.97. The van der Waals surface area contributed by atoms with E-state index in [4.69, 9.17) is 4.74 Å². The molecule has 0 bridgehead atoms. The Kier molecular flexibility index (Phi) is 8.00. The van der Waals surface area contributed by atoms with Gasteiger partial charge in [0.2, 0.25) is 0 Å². The fourth-order valence-electron chi connectivity index (χ4n) is 5.18. The molecule has 0 aromatic heterocycles. The molecular weight excluding hydrogens is 454 g/mol. The highest BCUT2D eigenvalue weighted by Crippen LogP contribution is 2.33. The highest BCUT2D eigenvalue weighted by molar-refractivity contribution is 6.06. The van der Waals surface area contributed by atoms with Crippen molar-refractivity contribution >= 4 is 11.6 Å². The molecule has 4 aromatic carbocycles. The Labute approximate surface area is 220 Å². The molecule has 4 aromatic rings. The number of hydrogen-bond acceptors (Lipinski definition) is 2. The highest BCUT2D eigenvalue weighted by atomic mass is 16.5. The number of nitrogens with zero attached hydrogens (tertiary/aromatic N) is 1. The van der Waals surface area contributed by atoms with Gasteiger partial charge in [0.05, 0.1) is 6.54 Å². The second-order valence-corrected chi connectivity index (χ2v) is 9.93. The van der Waals surface area contributed by atoms with Crippen LogP contribution >= 0.6 is 0 Å². The number of carbonyl (C=O) groups excluding carboxylic acids is 1. The number of carbonyl (C=O) groups is 1. The maximum atomic E-state index is 13.8. The van der Waals surface area contributed by atoms with Crippen molar-refractivity contribution in [3.63, 3.8) is 0 Å². The molecule has 0 spiro atoms. The van der Waals surface area contributed by atoms with E-state index in [0.717, 1.165) is 23.4 Å². The van der Waals surface area contributed by atoms with Crippen molar-refractivity contribution in [1.29, 1.82) is 0 Å². The summed E-state index contributed by atoms with van der Waals surface area (Å²) in [4.78, 5) is 15.7. The lowest BCUT2D eigenvalue weighted by atomic mass is 9.84. The molecule has 1 aliphatic rings. The van der Waals surface area contributed by atoms with Crippen molar-refractivity contribution in [3.05, 3.63) is 125 Å². The minimum Gasteiger partial charge on any atom is -0.457 e. The van der Waals surface area contributed by atoms with Gasteiger partial charge in [0, 0.05) is 11.3 Å². The molecule has 0 unspecified atom stereocenters. The summed E-state index contributed by atoms with van der Waals surface area (Å²) < 4.78 is 5.92. The minimum atomic E-state index is -0.0177. The predicted molar refractivity (Wildman–Crippen MR) is 152 cm³/mol. The number of aryl methyl sites for hydroxylation is 1. The van der Waals surface area contributed by atoms with Crippen LogP contribution in [0.15, 0.2) is 103 Å². The van der Waals surface area contributed by atoms with Crippen molar-refractivity contribution in [3.8, 4) is 11.5 Å². The second kappa shape index (κ2) is 11.9. The van der Waals surface area contributed by atoms with Crippen LogP contribution in [0.2, 0.25) is 0 Å². The number of para-hydroxylation sites is 1. The Morgan fingerprint density at radius 2 is 1.46 bits per heavy atom. The van der Waals surface area contributed by atoms with Crippen LogP contribution in [0.25, 0.3) is 0 Å². The van der Waals surface area contributed by atoms with E-state index in [9.17, 15) is 4.79 Å². The molecule has 1 fully saturated rings. The Morgan fingerprint density at radius 3 is 2.16 bits per heavy atom. The van der Waals surface area contributed by atoms with E-state index in [-0.39, 0.29) is 5.91 Å². The summed E-state index contributed by atoms with van der Waals surface area (Å²) >= 11 is 0. The van der Waals surface area contributed by atoms with Crippen LogP contribution in [0, 0.1) is 0 Å². The van der Waals surface area contributed by atoms with E-state index in [2.05, 4.69) is 43.3 Å². The van der Waals surface area contributed by atoms with Gasteiger partial charge < -0.3 is 9.64 Å². The summed E-state index contributed by atoms with van der Waals surface area (Å²) in [7, 11) is 0. The summed E-state index contributed by atoms with van der Waals surface area (Å²) in [6.45, 7) is 2.67. The van der Waals surface area contributed by atoms with E-state index in [0.29, 0.717) is 23.8 Å². The largest absolute Gasteiger partial charge is 0.457 e. The first-order valence-electron chi connectivity index (χ1n) is 13.5. The van der Waals surface area contributed by atoms with Crippen LogP contribution < -0.4 is 9.64 Å². The lowest BCUT2D eigenvalue weighted by molar-refractivity contribution is 0.0985. The van der Waals surface area contributed by atoms with Gasteiger partial charge in [-0.3, -0.25) is 4.79 Å². The normalized spacial score (nSPS) is 13.8. The van der Waals surface area contributed by atoms with Gasteiger partial charge in [0.1, 0.15) is 11.5 Å². The molecule has 3 nitrogen and oxygen atoms in total. The lowest BCUT2D eigenvalue weighted by Crippen LogP contribution is -2.30. The number of rotatable bonds is 8. The molecule has 0 heterocycles. The van der Waals surface area contributed by atoms with Crippen LogP contribution in [0.4, 0.5) is 5.69 Å². The molecule has 1 amide bonds. The zero-order valence-electron chi connectivity index (χ0n) is 21.6. The van der Waals surface area contributed by atoms with Crippen molar-refractivity contribution in [2.75, 3.05) is 4.90 Å². The SMILES string of the molecule is CCc1cccc(N(Cc2ccc(C3CCCCC3)cc2)C(=O)c2ccc(Oc3ccccc3)cc2)c1. The number of amides is 1. The van der Waals surface area contributed by atoms with Crippen LogP contribution in [0.5, 0.6) is 11.5 Å². The number of anilines is 1. The van der Waals surface area contributed by atoms with Crippen molar-refractivity contribution < 1.29 is 9.53 Å². The Balaban J connectivity index is 1.37. The molecule has 0 saturated heterocycles. The molecule has 1 aliphatic carbocycles. The third-order valence-corrected chi connectivity index (χ3v) is 7.35. The summed E-state index contributed by atoms with van der Waals surface area (Å²) in [5, 5.41) is 0. The Morgan fingerprint density at radius 1 is 0.757 bits per heavy atom. The van der Waals surface area contributed by atoms with Crippen molar-refractivity contribution in [1.82, 2.24) is 0 Å². The quantitative estimate of drug-likeness (QED) is 0.247. The molecule has 1 saturated carbocycles. The van der Waals surface area contributed by atoms with Gasteiger partial charge in [0.15, 0.2) is 0 Å². The van der Waals surface area contributed by atoms with Gasteiger partial charge >= 0.3 is 0 Å². The topological polar surface area (TPSA) is 29.5 Å². The molecule has 0 aliphatic heterocycles. The number of ether oxygens (including phenoxy) is 1. The Bertz CT molecular complexity index is 1290. The van der Waals surface area contributed by atoms with E-state index < -0.39 is 0 Å². The van der Waals surface area contributed by atoms with Gasteiger partial charge in [-0.2, -0.15) is 0 Å². The van der Waals surface area contributed by atoms with Crippen LogP contribution in [-0.4, -0.2) is 5.91 Å². The third kappa shape index (κ3) is 6.29. The van der Waals surface area contributed by atoms with Gasteiger partial charge in [-0.05, 0) is 90.4 Å². The minimum absolute atomic E-state index is 0.0177. The van der Waals surface area contributed by atoms with Crippen molar-refractivity contribution in [2.45, 2.75) is 57.9 Å². The first-order valence-corrected chi connectivity index (χ1v) is 13.5. The van der Waals surface area contributed by atoms with Crippen molar-refractivity contribution in [2.24, 2.45) is 0 Å². The average molecular weight is 490 g/mol. The molecule has 0 radical (unpaired) electrons. The summed E-state index contributed by atoms with van der Waals surface area (Å²) in [5.74, 6) is 2.14. The third-order valence-electron chi connectivity index (χ3n) is 7.35. The van der Waals surface area contributed by atoms with E-state index in [1.54, 1.807) is 0 Å². The standard InChI is InChI=1S/C34H35NO2/c1-2-26-10-9-13-31(24-26)35(25-27-16-18-29(19-17-27)28-11-5-3-6-12-28)34(36)30-20-22-33(23-21-30)37-32-14-7-4-8-15-32/h4,7-10,13-24,28H,2-3,5-6,11-12,25H2,1H3. The monoisotopic (exact) mass is 489 g/mol. The van der Waals surface area contributed by atoms with Gasteiger partial charge in [-0.15, -0.1) is 0 Å². The fourth-order valence-corrected chi connectivity index (χ4v) is 5.18. The van der Waals surface area contributed by atoms with Gasteiger partial charge in [0.25, 0.3) is 5.91 Å².